The number of carbonyl (C=O) groups is 1. The van der Waals surface area contributed by atoms with Gasteiger partial charge in [-0.15, -0.1) is 11.3 Å². The van der Waals surface area contributed by atoms with Crippen molar-refractivity contribution in [2.75, 3.05) is 27.2 Å². The van der Waals surface area contributed by atoms with Gasteiger partial charge < -0.3 is 15.5 Å². The van der Waals surface area contributed by atoms with Crippen LogP contribution < -0.4 is 5.73 Å². The summed E-state index contributed by atoms with van der Waals surface area (Å²) in [5, 5.41) is 2.07. The fourth-order valence-electron chi connectivity index (χ4n) is 1.66. The molecule has 0 aromatic carbocycles. The highest BCUT2D eigenvalue weighted by atomic mass is 79.9. The van der Waals surface area contributed by atoms with Crippen molar-refractivity contribution < 1.29 is 4.79 Å². The van der Waals surface area contributed by atoms with Crippen LogP contribution in [0.25, 0.3) is 0 Å². The van der Waals surface area contributed by atoms with Crippen molar-refractivity contribution in [1.82, 2.24) is 9.80 Å². The molecule has 0 aliphatic heterocycles. The van der Waals surface area contributed by atoms with Gasteiger partial charge in [0.1, 0.15) is 0 Å². The van der Waals surface area contributed by atoms with E-state index in [1.54, 1.807) is 23.3 Å². The maximum atomic E-state index is 11.9. The zero-order chi connectivity index (χ0) is 15.1. The summed E-state index contributed by atoms with van der Waals surface area (Å²) >= 11 is 9.97. The van der Waals surface area contributed by atoms with E-state index in [4.69, 9.17) is 18.0 Å². The van der Waals surface area contributed by atoms with Gasteiger partial charge in [-0.3, -0.25) is 4.79 Å². The first kappa shape index (κ1) is 17.6. The van der Waals surface area contributed by atoms with Gasteiger partial charge >= 0.3 is 0 Å². The van der Waals surface area contributed by atoms with Crippen molar-refractivity contribution in [3.63, 3.8) is 0 Å². The first-order valence-corrected chi connectivity index (χ1v) is 8.40. The van der Waals surface area contributed by atoms with Gasteiger partial charge in [0.25, 0.3) is 0 Å². The fourth-order valence-corrected chi connectivity index (χ4v) is 3.28. The third-order valence-corrected chi connectivity index (χ3v) is 4.76. The lowest BCUT2D eigenvalue weighted by atomic mass is 10.3. The molecule has 1 rings (SSSR count). The SMILES string of the molecule is CN(CCC(=O)N(C)CCC(N)=S)Cc1cc(Br)cs1. The molecule has 1 aromatic heterocycles. The van der Waals surface area contributed by atoms with E-state index in [2.05, 4.69) is 32.3 Å². The monoisotopic (exact) mass is 377 g/mol. The standard InChI is InChI=1S/C13H20BrN3OS2/c1-16(8-11-7-10(14)9-20-11)5-4-13(18)17(2)6-3-12(15)19/h7,9H,3-6,8H2,1-2H3,(H2,15,19). The van der Waals surface area contributed by atoms with Gasteiger partial charge in [0.05, 0.1) is 4.99 Å². The van der Waals surface area contributed by atoms with E-state index in [0.29, 0.717) is 24.4 Å². The minimum absolute atomic E-state index is 0.125. The van der Waals surface area contributed by atoms with Crippen LogP contribution in [0.4, 0.5) is 0 Å². The molecular weight excluding hydrogens is 358 g/mol. The van der Waals surface area contributed by atoms with E-state index in [-0.39, 0.29) is 5.91 Å². The molecule has 1 aromatic rings. The molecule has 2 N–H and O–H groups in total. The number of hydrogen-bond donors (Lipinski definition) is 1. The van der Waals surface area contributed by atoms with Crippen LogP contribution in [0, 0.1) is 0 Å². The van der Waals surface area contributed by atoms with E-state index >= 15 is 0 Å². The fraction of sp³-hybridized carbons (Fsp3) is 0.538. The summed E-state index contributed by atoms with van der Waals surface area (Å²) in [6, 6.07) is 2.11. The van der Waals surface area contributed by atoms with Crippen molar-refractivity contribution >= 4 is 50.4 Å². The number of rotatable bonds is 8. The summed E-state index contributed by atoms with van der Waals surface area (Å²) < 4.78 is 1.11. The first-order valence-electron chi connectivity index (χ1n) is 6.32. The number of amides is 1. The summed E-state index contributed by atoms with van der Waals surface area (Å²) in [7, 11) is 3.81. The summed E-state index contributed by atoms with van der Waals surface area (Å²) in [6.07, 6.45) is 1.09. The van der Waals surface area contributed by atoms with Crippen LogP contribution in [-0.4, -0.2) is 47.9 Å². The molecule has 0 atom stereocenters. The summed E-state index contributed by atoms with van der Waals surface area (Å²) in [4.78, 5) is 17.5. The van der Waals surface area contributed by atoms with Crippen molar-refractivity contribution in [3.8, 4) is 0 Å². The highest BCUT2D eigenvalue weighted by molar-refractivity contribution is 9.10. The highest BCUT2D eigenvalue weighted by Gasteiger charge is 2.10. The molecule has 0 unspecified atom stereocenters. The number of carbonyl (C=O) groups excluding carboxylic acids is 1. The average Bonchev–Trinajstić information content (AvgIpc) is 2.78. The molecule has 0 aliphatic rings. The lowest BCUT2D eigenvalue weighted by Gasteiger charge is -2.20. The second-order valence-electron chi connectivity index (χ2n) is 4.75. The molecule has 1 amide bonds. The Bertz CT molecular complexity index is 464. The molecule has 0 radical (unpaired) electrons. The number of nitrogens with zero attached hydrogens (tertiary/aromatic N) is 2. The van der Waals surface area contributed by atoms with E-state index in [0.717, 1.165) is 17.6 Å². The first-order chi connectivity index (χ1) is 9.38. The van der Waals surface area contributed by atoms with Crippen LogP contribution in [0.5, 0.6) is 0 Å². The molecule has 0 aliphatic carbocycles. The molecule has 112 valence electrons. The molecule has 0 saturated carbocycles. The van der Waals surface area contributed by atoms with E-state index in [1.807, 2.05) is 7.05 Å². The predicted octanol–water partition coefficient (Wildman–Crippen LogP) is 2.47. The van der Waals surface area contributed by atoms with Crippen molar-refractivity contribution in [2.24, 2.45) is 5.73 Å². The Balaban J connectivity index is 2.27. The summed E-state index contributed by atoms with van der Waals surface area (Å²) in [6.45, 7) is 2.20. The molecule has 20 heavy (non-hydrogen) atoms. The topological polar surface area (TPSA) is 49.6 Å². The van der Waals surface area contributed by atoms with Crippen molar-refractivity contribution in [2.45, 2.75) is 19.4 Å². The van der Waals surface area contributed by atoms with Gasteiger partial charge in [-0.25, -0.2) is 0 Å². The normalized spacial score (nSPS) is 10.8. The zero-order valence-corrected chi connectivity index (χ0v) is 15.0. The van der Waals surface area contributed by atoms with Crippen LogP contribution in [0.3, 0.4) is 0 Å². The van der Waals surface area contributed by atoms with Crippen LogP contribution in [0.1, 0.15) is 17.7 Å². The number of nitrogens with two attached hydrogens (primary N) is 1. The van der Waals surface area contributed by atoms with Gasteiger partial charge in [-0.1, -0.05) is 12.2 Å². The van der Waals surface area contributed by atoms with Gasteiger partial charge in [0.2, 0.25) is 5.91 Å². The Morgan fingerprint density at radius 2 is 2.10 bits per heavy atom. The van der Waals surface area contributed by atoms with Crippen LogP contribution in [0.2, 0.25) is 0 Å². The second-order valence-corrected chi connectivity index (χ2v) is 7.19. The van der Waals surface area contributed by atoms with Crippen LogP contribution >= 0.6 is 39.5 Å². The Kier molecular flexibility index (Phi) is 7.65. The maximum Gasteiger partial charge on any atom is 0.223 e. The lowest BCUT2D eigenvalue weighted by Crippen LogP contribution is -2.32. The molecular formula is C13H20BrN3OS2. The third-order valence-electron chi connectivity index (χ3n) is 2.87. The Morgan fingerprint density at radius 3 is 2.65 bits per heavy atom. The molecule has 4 nitrogen and oxygen atoms in total. The van der Waals surface area contributed by atoms with E-state index in [9.17, 15) is 4.79 Å². The van der Waals surface area contributed by atoms with Gasteiger partial charge in [0.15, 0.2) is 0 Å². The summed E-state index contributed by atoms with van der Waals surface area (Å²) in [5.74, 6) is 0.125. The lowest BCUT2D eigenvalue weighted by molar-refractivity contribution is -0.130. The molecule has 7 heteroatoms. The van der Waals surface area contributed by atoms with Crippen LogP contribution in [-0.2, 0) is 11.3 Å². The molecule has 0 saturated heterocycles. The Hall–Kier alpha value is -0.500. The summed E-state index contributed by atoms with van der Waals surface area (Å²) in [5.41, 5.74) is 5.43. The average molecular weight is 378 g/mol. The van der Waals surface area contributed by atoms with Crippen molar-refractivity contribution in [1.29, 1.82) is 0 Å². The minimum Gasteiger partial charge on any atom is -0.393 e. The quantitative estimate of drug-likeness (QED) is 0.706. The minimum atomic E-state index is 0.125. The van der Waals surface area contributed by atoms with E-state index < -0.39 is 0 Å². The number of thiophene rings is 1. The van der Waals surface area contributed by atoms with Crippen molar-refractivity contribution in [3.05, 3.63) is 20.8 Å². The second kappa shape index (κ2) is 8.71. The number of halogens is 1. The predicted molar refractivity (Wildman–Crippen MR) is 92.0 cm³/mol. The van der Waals surface area contributed by atoms with Gasteiger partial charge in [-0.05, 0) is 29.0 Å². The molecule has 0 bridgehead atoms. The van der Waals surface area contributed by atoms with Crippen LogP contribution in [0.15, 0.2) is 15.9 Å². The largest absolute Gasteiger partial charge is 0.393 e. The third kappa shape index (κ3) is 6.78. The zero-order valence-electron chi connectivity index (χ0n) is 11.8. The highest BCUT2D eigenvalue weighted by Crippen LogP contribution is 2.20. The molecule has 0 fully saturated rings. The molecule has 0 spiro atoms. The number of hydrogen-bond acceptors (Lipinski definition) is 4. The number of thiocarbonyl (C=S) groups is 1. The van der Waals surface area contributed by atoms with Gasteiger partial charge in [-0.2, -0.15) is 0 Å². The Labute approximate surface area is 138 Å². The maximum absolute atomic E-state index is 11.9. The van der Waals surface area contributed by atoms with Gasteiger partial charge in [0, 0.05) is 54.3 Å². The van der Waals surface area contributed by atoms with E-state index in [1.165, 1.54) is 4.88 Å². The smallest absolute Gasteiger partial charge is 0.223 e. The molecule has 1 heterocycles. The Morgan fingerprint density at radius 1 is 1.40 bits per heavy atom.